The van der Waals surface area contributed by atoms with Crippen molar-refractivity contribution in [1.29, 1.82) is 0 Å². The van der Waals surface area contributed by atoms with Crippen LogP contribution in [0.3, 0.4) is 0 Å². The Morgan fingerprint density at radius 2 is 1.75 bits per heavy atom. The van der Waals surface area contributed by atoms with Gasteiger partial charge >= 0.3 is 11.8 Å². The maximum absolute atomic E-state index is 11.9. The summed E-state index contributed by atoms with van der Waals surface area (Å²) in [5.74, 6) is -1.38. The molecule has 0 aliphatic carbocycles. The molecule has 2 amide bonds. The van der Waals surface area contributed by atoms with Crippen molar-refractivity contribution in [3.8, 4) is 0 Å². The van der Waals surface area contributed by atoms with Crippen LogP contribution in [0, 0.1) is 0 Å². The highest BCUT2D eigenvalue weighted by Gasteiger charge is 2.14. The number of anilines is 1. The number of pyridine rings is 1. The molecule has 0 unspecified atom stereocenters. The molecule has 0 saturated heterocycles. The van der Waals surface area contributed by atoms with Crippen molar-refractivity contribution in [3.05, 3.63) is 54.4 Å². The van der Waals surface area contributed by atoms with Crippen LogP contribution in [0.5, 0.6) is 0 Å². The Bertz CT molecular complexity index is 694. The van der Waals surface area contributed by atoms with Gasteiger partial charge in [-0.05, 0) is 36.4 Å². The first-order chi connectivity index (χ1) is 11.3. The second-order valence-corrected chi connectivity index (χ2v) is 8.10. The standard InChI is InChI=1S/C18H21N3O2S/c1-18(2,3)24-15-9-7-13(8-10-15)21-17(23)16(22)20-12-14-6-4-5-11-19-14/h4-11H,12H2,1-3H3,(H,20,22)(H,21,23). The Hall–Kier alpha value is -2.34. The van der Waals surface area contributed by atoms with Crippen LogP contribution in [0.15, 0.2) is 53.6 Å². The number of rotatable bonds is 4. The third kappa shape index (κ3) is 6.04. The van der Waals surface area contributed by atoms with Gasteiger partial charge in [-0.3, -0.25) is 14.6 Å². The summed E-state index contributed by atoms with van der Waals surface area (Å²) in [5, 5.41) is 5.13. The number of carbonyl (C=O) groups excluding carboxylic acids is 2. The van der Waals surface area contributed by atoms with Crippen molar-refractivity contribution in [1.82, 2.24) is 10.3 Å². The molecular weight excluding hydrogens is 322 g/mol. The molecule has 1 aromatic heterocycles. The van der Waals surface area contributed by atoms with Crippen molar-refractivity contribution in [2.24, 2.45) is 0 Å². The van der Waals surface area contributed by atoms with Crippen molar-refractivity contribution in [3.63, 3.8) is 0 Å². The number of benzene rings is 1. The Morgan fingerprint density at radius 3 is 2.33 bits per heavy atom. The van der Waals surface area contributed by atoms with E-state index in [1.54, 1.807) is 42.2 Å². The van der Waals surface area contributed by atoms with E-state index in [4.69, 9.17) is 0 Å². The summed E-state index contributed by atoms with van der Waals surface area (Å²) in [7, 11) is 0. The number of nitrogens with one attached hydrogen (secondary N) is 2. The molecule has 0 fully saturated rings. The van der Waals surface area contributed by atoms with Crippen LogP contribution in [0.4, 0.5) is 5.69 Å². The quantitative estimate of drug-likeness (QED) is 0.660. The topological polar surface area (TPSA) is 71.1 Å². The van der Waals surface area contributed by atoms with Crippen LogP contribution in [0.2, 0.25) is 0 Å². The maximum Gasteiger partial charge on any atom is 0.313 e. The van der Waals surface area contributed by atoms with E-state index in [0.717, 1.165) is 4.90 Å². The minimum Gasteiger partial charge on any atom is -0.342 e. The molecule has 126 valence electrons. The molecule has 0 radical (unpaired) electrons. The molecule has 6 heteroatoms. The monoisotopic (exact) mass is 343 g/mol. The van der Waals surface area contributed by atoms with Gasteiger partial charge in [-0.1, -0.05) is 26.8 Å². The van der Waals surface area contributed by atoms with Crippen LogP contribution in [0.1, 0.15) is 26.5 Å². The lowest BCUT2D eigenvalue weighted by atomic mass is 10.3. The summed E-state index contributed by atoms with van der Waals surface area (Å²) in [4.78, 5) is 28.9. The average Bonchev–Trinajstić information content (AvgIpc) is 2.54. The number of nitrogens with zero attached hydrogens (tertiary/aromatic N) is 1. The molecule has 1 aromatic carbocycles. The fraction of sp³-hybridized carbons (Fsp3) is 0.278. The molecule has 2 N–H and O–H groups in total. The van der Waals surface area contributed by atoms with Gasteiger partial charge in [-0.25, -0.2) is 0 Å². The lowest BCUT2D eigenvalue weighted by Crippen LogP contribution is -2.35. The molecule has 1 heterocycles. The molecular formula is C18H21N3O2S. The van der Waals surface area contributed by atoms with Gasteiger partial charge in [0.15, 0.2) is 0 Å². The van der Waals surface area contributed by atoms with E-state index in [0.29, 0.717) is 11.4 Å². The Labute approximate surface area is 146 Å². The van der Waals surface area contributed by atoms with Crippen molar-refractivity contribution in [2.45, 2.75) is 37.0 Å². The van der Waals surface area contributed by atoms with Gasteiger partial charge in [0.05, 0.1) is 12.2 Å². The third-order valence-corrected chi connectivity index (χ3v) is 4.02. The van der Waals surface area contributed by atoms with E-state index < -0.39 is 11.8 Å². The first-order valence-corrected chi connectivity index (χ1v) is 8.43. The first kappa shape index (κ1) is 18.0. The summed E-state index contributed by atoms with van der Waals surface area (Å²) in [6.45, 7) is 6.63. The lowest BCUT2D eigenvalue weighted by Gasteiger charge is -2.17. The van der Waals surface area contributed by atoms with Crippen LogP contribution in [-0.2, 0) is 16.1 Å². The number of amides is 2. The van der Waals surface area contributed by atoms with E-state index in [2.05, 4.69) is 36.4 Å². The second-order valence-electron chi connectivity index (χ2n) is 6.20. The van der Waals surface area contributed by atoms with E-state index in [9.17, 15) is 9.59 Å². The summed E-state index contributed by atoms with van der Waals surface area (Å²) in [6, 6.07) is 12.8. The molecule has 0 bridgehead atoms. The third-order valence-electron chi connectivity index (χ3n) is 2.90. The van der Waals surface area contributed by atoms with Gasteiger partial charge in [-0.15, -0.1) is 11.8 Å². The Morgan fingerprint density at radius 1 is 1.04 bits per heavy atom. The maximum atomic E-state index is 11.9. The summed E-state index contributed by atoms with van der Waals surface area (Å²) in [6.07, 6.45) is 1.64. The molecule has 2 aromatic rings. The van der Waals surface area contributed by atoms with Crippen LogP contribution < -0.4 is 10.6 Å². The molecule has 0 aliphatic heterocycles. The number of hydrogen-bond donors (Lipinski definition) is 2. The zero-order valence-electron chi connectivity index (χ0n) is 14.0. The van der Waals surface area contributed by atoms with Gasteiger partial charge in [0.1, 0.15) is 0 Å². The van der Waals surface area contributed by atoms with E-state index in [1.807, 2.05) is 18.2 Å². The van der Waals surface area contributed by atoms with E-state index >= 15 is 0 Å². The highest BCUT2D eigenvalue weighted by atomic mass is 32.2. The minimum atomic E-state index is -0.692. The van der Waals surface area contributed by atoms with E-state index in [-0.39, 0.29) is 11.3 Å². The minimum absolute atomic E-state index is 0.121. The Kier molecular flexibility index (Phi) is 5.98. The predicted molar refractivity (Wildman–Crippen MR) is 96.8 cm³/mol. The normalized spacial score (nSPS) is 11.0. The van der Waals surface area contributed by atoms with E-state index in [1.165, 1.54) is 0 Å². The first-order valence-electron chi connectivity index (χ1n) is 7.62. The fourth-order valence-electron chi connectivity index (χ4n) is 1.90. The summed E-state index contributed by atoms with van der Waals surface area (Å²) in [5.41, 5.74) is 1.29. The van der Waals surface area contributed by atoms with Gasteiger partial charge in [0, 0.05) is 21.5 Å². The second kappa shape index (κ2) is 7.97. The molecule has 5 nitrogen and oxygen atoms in total. The SMILES string of the molecule is CC(C)(C)Sc1ccc(NC(=O)C(=O)NCc2ccccn2)cc1. The summed E-state index contributed by atoms with van der Waals surface area (Å²) < 4.78 is 0.121. The smallest absolute Gasteiger partial charge is 0.313 e. The number of carbonyl (C=O) groups is 2. The highest BCUT2D eigenvalue weighted by Crippen LogP contribution is 2.32. The molecule has 0 aliphatic rings. The fourth-order valence-corrected chi connectivity index (χ4v) is 2.88. The van der Waals surface area contributed by atoms with Crippen molar-refractivity contribution in [2.75, 3.05) is 5.32 Å². The zero-order valence-corrected chi connectivity index (χ0v) is 14.8. The number of thioether (sulfide) groups is 1. The van der Waals surface area contributed by atoms with Crippen LogP contribution in [0.25, 0.3) is 0 Å². The zero-order chi connectivity index (χ0) is 17.6. The number of aromatic nitrogens is 1. The molecule has 24 heavy (non-hydrogen) atoms. The largest absolute Gasteiger partial charge is 0.342 e. The molecule has 2 rings (SSSR count). The van der Waals surface area contributed by atoms with Gasteiger partial charge in [-0.2, -0.15) is 0 Å². The summed E-state index contributed by atoms with van der Waals surface area (Å²) >= 11 is 1.74. The predicted octanol–water partition coefficient (Wildman–Crippen LogP) is 3.23. The van der Waals surface area contributed by atoms with Crippen molar-refractivity contribution < 1.29 is 9.59 Å². The Balaban J connectivity index is 1.86. The average molecular weight is 343 g/mol. The number of hydrogen-bond acceptors (Lipinski definition) is 4. The van der Waals surface area contributed by atoms with Crippen LogP contribution >= 0.6 is 11.8 Å². The van der Waals surface area contributed by atoms with Crippen molar-refractivity contribution >= 4 is 29.3 Å². The lowest BCUT2D eigenvalue weighted by molar-refractivity contribution is -0.136. The van der Waals surface area contributed by atoms with Gasteiger partial charge < -0.3 is 10.6 Å². The molecule has 0 atom stereocenters. The molecule has 0 saturated carbocycles. The van der Waals surface area contributed by atoms with Gasteiger partial charge in [0.25, 0.3) is 0 Å². The highest BCUT2D eigenvalue weighted by molar-refractivity contribution is 8.00. The van der Waals surface area contributed by atoms with Gasteiger partial charge in [0.2, 0.25) is 0 Å². The molecule has 0 spiro atoms. The van der Waals surface area contributed by atoms with Crippen LogP contribution in [-0.4, -0.2) is 21.5 Å².